The van der Waals surface area contributed by atoms with Crippen molar-refractivity contribution < 1.29 is 0 Å². The molecule has 84 valence electrons. The van der Waals surface area contributed by atoms with Crippen LogP contribution in [0.2, 0.25) is 0 Å². The molecule has 0 radical (unpaired) electrons. The molecule has 0 amide bonds. The standard InChI is InChI=1S/C11H20N4/c1-11(3-5-12-6-4-11)9-13-10-7-14-15(2)8-10/h7-8,12-13H,3-6,9H2,1-2H3. The molecule has 0 spiro atoms. The van der Waals surface area contributed by atoms with Gasteiger partial charge in [-0.25, -0.2) is 0 Å². The van der Waals surface area contributed by atoms with Crippen LogP contribution in [0.3, 0.4) is 0 Å². The lowest BCUT2D eigenvalue weighted by Gasteiger charge is -2.34. The maximum atomic E-state index is 4.14. The molecule has 0 aliphatic carbocycles. The van der Waals surface area contributed by atoms with Crippen molar-refractivity contribution in [3.8, 4) is 0 Å². The number of anilines is 1. The first kappa shape index (κ1) is 10.5. The van der Waals surface area contributed by atoms with Crippen LogP contribution in [0.5, 0.6) is 0 Å². The van der Waals surface area contributed by atoms with E-state index in [1.165, 1.54) is 12.8 Å². The van der Waals surface area contributed by atoms with Gasteiger partial charge in [-0.15, -0.1) is 0 Å². The average Bonchev–Trinajstić information content (AvgIpc) is 2.63. The van der Waals surface area contributed by atoms with E-state index in [4.69, 9.17) is 0 Å². The molecule has 1 aliphatic rings. The molecule has 4 nitrogen and oxygen atoms in total. The topological polar surface area (TPSA) is 41.9 Å². The van der Waals surface area contributed by atoms with Gasteiger partial charge < -0.3 is 10.6 Å². The molecule has 2 N–H and O–H groups in total. The summed E-state index contributed by atoms with van der Waals surface area (Å²) in [4.78, 5) is 0. The van der Waals surface area contributed by atoms with Gasteiger partial charge in [0, 0.05) is 19.8 Å². The van der Waals surface area contributed by atoms with Crippen molar-refractivity contribution in [2.45, 2.75) is 19.8 Å². The number of hydrogen-bond donors (Lipinski definition) is 2. The highest BCUT2D eigenvalue weighted by Gasteiger charge is 2.26. The van der Waals surface area contributed by atoms with Crippen molar-refractivity contribution in [3.63, 3.8) is 0 Å². The van der Waals surface area contributed by atoms with Crippen molar-refractivity contribution in [1.29, 1.82) is 0 Å². The number of nitrogens with zero attached hydrogens (tertiary/aromatic N) is 2. The number of nitrogens with one attached hydrogen (secondary N) is 2. The first-order valence-electron chi connectivity index (χ1n) is 5.61. The van der Waals surface area contributed by atoms with Crippen LogP contribution < -0.4 is 10.6 Å². The largest absolute Gasteiger partial charge is 0.382 e. The molecular formula is C11H20N4. The third-order valence-electron chi connectivity index (χ3n) is 3.23. The fourth-order valence-electron chi connectivity index (χ4n) is 2.04. The number of hydrogen-bond acceptors (Lipinski definition) is 3. The summed E-state index contributed by atoms with van der Waals surface area (Å²) < 4.78 is 1.83. The molecule has 1 aliphatic heterocycles. The zero-order valence-corrected chi connectivity index (χ0v) is 9.58. The van der Waals surface area contributed by atoms with E-state index in [0.717, 1.165) is 25.3 Å². The minimum atomic E-state index is 0.432. The molecule has 1 aromatic rings. The normalized spacial score (nSPS) is 20.1. The van der Waals surface area contributed by atoms with E-state index in [1.807, 2.05) is 24.1 Å². The maximum Gasteiger partial charge on any atom is 0.0726 e. The predicted octanol–water partition coefficient (Wildman–Crippen LogP) is 1.22. The van der Waals surface area contributed by atoms with Crippen LogP contribution in [0.1, 0.15) is 19.8 Å². The molecule has 0 atom stereocenters. The predicted molar refractivity (Wildman–Crippen MR) is 61.9 cm³/mol. The van der Waals surface area contributed by atoms with Crippen LogP contribution in [-0.4, -0.2) is 29.4 Å². The summed E-state index contributed by atoms with van der Waals surface area (Å²) in [5.74, 6) is 0. The van der Waals surface area contributed by atoms with Gasteiger partial charge in [0.2, 0.25) is 0 Å². The lowest BCUT2D eigenvalue weighted by atomic mass is 9.81. The Hall–Kier alpha value is -1.03. The zero-order valence-electron chi connectivity index (χ0n) is 9.58. The molecule has 2 rings (SSSR count). The van der Waals surface area contributed by atoms with E-state index in [9.17, 15) is 0 Å². The Morgan fingerprint density at radius 3 is 2.87 bits per heavy atom. The van der Waals surface area contributed by atoms with E-state index in [0.29, 0.717) is 5.41 Å². The van der Waals surface area contributed by atoms with Gasteiger partial charge in [-0.05, 0) is 31.3 Å². The van der Waals surface area contributed by atoms with Gasteiger partial charge in [-0.2, -0.15) is 5.10 Å². The summed E-state index contributed by atoms with van der Waals surface area (Å²) >= 11 is 0. The van der Waals surface area contributed by atoms with E-state index in [-0.39, 0.29) is 0 Å². The molecule has 1 aromatic heterocycles. The lowest BCUT2D eigenvalue weighted by molar-refractivity contribution is 0.247. The number of piperidine rings is 1. The minimum Gasteiger partial charge on any atom is -0.382 e. The number of rotatable bonds is 3. The van der Waals surface area contributed by atoms with Crippen LogP contribution in [-0.2, 0) is 7.05 Å². The number of aromatic nitrogens is 2. The molecule has 0 aromatic carbocycles. The second-order valence-corrected chi connectivity index (χ2v) is 4.82. The van der Waals surface area contributed by atoms with Crippen molar-refractivity contribution in [3.05, 3.63) is 12.4 Å². The summed E-state index contributed by atoms with van der Waals surface area (Å²) in [7, 11) is 1.94. The maximum absolute atomic E-state index is 4.14. The van der Waals surface area contributed by atoms with Gasteiger partial charge in [-0.3, -0.25) is 4.68 Å². The van der Waals surface area contributed by atoms with Crippen molar-refractivity contribution in [2.75, 3.05) is 25.0 Å². The molecule has 4 heteroatoms. The Labute approximate surface area is 91.1 Å². The smallest absolute Gasteiger partial charge is 0.0726 e. The quantitative estimate of drug-likeness (QED) is 0.785. The third-order valence-corrected chi connectivity index (χ3v) is 3.23. The summed E-state index contributed by atoms with van der Waals surface area (Å²) in [6.45, 7) is 5.69. The van der Waals surface area contributed by atoms with Gasteiger partial charge >= 0.3 is 0 Å². The van der Waals surface area contributed by atoms with Crippen molar-refractivity contribution in [2.24, 2.45) is 12.5 Å². The molecule has 1 saturated heterocycles. The van der Waals surface area contributed by atoms with Crippen LogP contribution in [0.15, 0.2) is 12.4 Å². The molecule has 15 heavy (non-hydrogen) atoms. The summed E-state index contributed by atoms with van der Waals surface area (Å²) in [6, 6.07) is 0. The SMILES string of the molecule is Cn1cc(NCC2(C)CCNCC2)cn1. The lowest BCUT2D eigenvalue weighted by Crippen LogP contribution is -2.38. The molecule has 0 unspecified atom stereocenters. The second kappa shape index (κ2) is 4.23. The first-order chi connectivity index (χ1) is 7.18. The van der Waals surface area contributed by atoms with Gasteiger partial charge in [0.1, 0.15) is 0 Å². The second-order valence-electron chi connectivity index (χ2n) is 4.82. The van der Waals surface area contributed by atoms with Crippen LogP contribution in [0, 0.1) is 5.41 Å². The summed E-state index contributed by atoms with van der Waals surface area (Å²) in [5.41, 5.74) is 1.55. The number of aryl methyl sites for hydroxylation is 1. The van der Waals surface area contributed by atoms with Gasteiger partial charge in [-0.1, -0.05) is 6.92 Å². The van der Waals surface area contributed by atoms with Gasteiger partial charge in [0.15, 0.2) is 0 Å². The molecule has 2 heterocycles. The summed E-state index contributed by atoms with van der Waals surface area (Å²) in [5, 5.41) is 11.0. The van der Waals surface area contributed by atoms with E-state index < -0.39 is 0 Å². The summed E-state index contributed by atoms with van der Waals surface area (Å²) in [6.07, 6.45) is 6.40. The Kier molecular flexibility index (Phi) is 2.95. The van der Waals surface area contributed by atoms with E-state index in [2.05, 4.69) is 22.7 Å². The monoisotopic (exact) mass is 208 g/mol. The fraction of sp³-hybridized carbons (Fsp3) is 0.727. The van der Waals surface area contributed by atoms with Crippen molar-refractivity contribution >= 4 is 5.69 Å². The highest BCUT2D eigenvalue weighted by Crippen LogP contribution is 2.27. The van der Waals surface area contributed by atoms with Crippen molar-refractivity contribution in [1.82, 2.24) is 15.1 Å². The fourth-order valence-corrected chi connectivity index (χ4v) is 2.04. The minimum absolute atomic E-state index is 0.432. The van der Waals surface area contributed by atoms with Crippen LogP contribution in [0.4, 0.5) is 5.69 Å². The average molecular weight is 208 g/mol. The Balaban J connectivity index is 1.86. The first-order valence-corrected chi connectivity index (χ1v) is 5.61. The highest BCUT2D eigenvalue weighted by molar-refractivity contribution is 5.38. The van der Waals surface area contributed by atoms with Crippen LogP contribution >= 0.6 is 0 Å². The van der Waals surface area contributed by atoms with E-state index >= 15 is 0 Å². The Morgan fingerprint density at radius 1 is 1.53 bits per heavy atom. The Bertz CT molecular complexity index is 312. The zero-order chi connectivity index (χ0) is 10.7. The van der Waals surface area contributed by atoms with Gasteiger partial charge in [0.05, 0.1) is 11.9 Å². The molecule has 0 saturated carbocycles. The molecular weight excluding hydrogens is 188 g/mol. The van der Waals surface area contributed by atoms with E-state index in [1.54, 1.807) is 0 Å². The molecule has 0 bridgehead atoms. The highest BCUT2D eigenvalue weighted by atomic mass is 15.3. The third kappa shape index (κ3) is 2.72. The van der Waals surface area contributed by atoms with Gasteiger partial charge in [0.25, 0.3) is 0 Å². The van der Waals surface area contributed by atoms with Crippen LogP contribution in [0.25, 0.3) is 0 Å². The Morgan fingerprint density at radius 2 is 2.27 bits per heavy atom. The molecule has 1 fully saturated rings.